The van der Waals surface area contributed by atoms with Crippen LogP contribution in [-0.4, -0.2) is 35.7 Å². The first kappa shape index (κ1) is 10.8. The van der Waals surface area contributed by atoms with Crippen molar-refractivity contribution in [2.45, 2.75) is 18.8 Å². The van der Waals surface area contributed by atoms with Gasteiger partial charge in [-0.1, -0.05) is 0 Å². The summed E-state index contributed by atoms with van der Waals surface area (Å²) < 4.78 is 25.7. The second-order valence-electron chi connectivity index (χ2n) is 3.16. The lowest BCUT2D eigenvalue weighted by Gasteiger charge is -2.31. The van der Waals surface area contributed by atoms with Crippen molar-refractivity contribution in [1.29, 1.82) is 0 Å². The summed E-state index contributed by atoms with van der Waals surface area (Å²) in [6.07, 6.45) is -0.0579. The van der Waals surface area contributed by atoms with E-state index in [-0.39, 0.29) is 19.4 Å². The highest BCUT2D eigenvalue weighted by atomic mass is 19.3. The van der Waals surface area contributed by atoms with Crippen molar-refractivity contribution in [2.24, 2.45) is 5.84 Å². The number of carbonyl (C=O) groups is 2. The fourth-order valence-corrected chi connectivity index (χ4v) is 1.34. The van der Waals surface area contributed by atoms with E-state index < -0.39 is 24.3 Å². The summed E-state index contributed by atoms with van der Waals surface area (Å²) in [5.74, 6) is -0.262. The van der Waals surface area contributed by atoms with Crippen molar-refractivity contribution < 1.29 is 18.4 Å². The zero-order valence-electron chi connectivity index (χ0n) is 7.43. The number of rotatable bonds is 0. The van der Waals surface area contributed by atoms with E-state index in [9.17, 15) is 18.4 Å². The highest BCUT2D eigenvalue weighted by molar-refractivity contribution is 6.34. The Hall–Kier alpha value is -1.24. The van der Waals surface area contributed by atoms with E-state index in [2.05, 4.69) is 0 Å². The molecule has 0 unspecified atom stereocenters. The van der Waals surface area contributed by atoms with E-state index in [0.29, 0.717) is 0 Å². The van der Waals surface area contributed by atoms with E-state index in [4.69, 9.17) is 5.84 Å². The van der Waals surface area contributed by atoms with Crippen LogP contribution in [0.2, 0.25) is 0 Å². The maximum absolute atomic E-state index is 12.8. The molecule has 14 heavy (non-hydrogen) atoms. The maximum atomic E-state index is 12.8. The van der Waals surface area contributed by atoms with Crippen LogP contribution in [0.15, 0.2) is 0 Å². The minimum absolute atomic E-state index is 0.168. The molecule has 1 rings (SSSR count). The Bertz CT molecular complexity index is 257. The number of hydrazine groups is 1. The normalized spacial score (nSPS) is 20.4. The van der Waals surface area contributed by atoms with Gasteiger partial charge in [-0.15, -0.1) is 0 Å². The minimum atomic E-state index is -2.90. The van der Waals surface area contributed by atoms with E-state index in [1.54, 1.807) is 5.43 Å². The largest absolute Gasteiger partial charge is 0.328 e. The van der Waals surface area contributed by atoms with Crippen LogP contribution in [0.25, 0.3) is 0 Å². The van der Waals surface area contributed by atoms with Gasteiger partial charge in [0.25, 0.3) is 5.92 Å². The fourth-order valence-electron chi connectivity index (χ4n) is 1.34. The summed E-state index contributed by atoms with van der Waals surface area (Å²) in [6, 6.07) is 0. The number of amides is 2. The van der Waals surface area contributed by atoms with Crippen LogP contribution in [0.5, 0.6) is 0 Å². The molecule has 1 fully saturated rings. The van der Waals surface area contributed by atoms with Crippen molar-refractivity contribution in [3.05, 3.63) is 0 Å². The highest BCUT2D eigenvalue weighted by Crippen LogP contribution is 2.26. The number of likely N-dealkylation sites (tertiary alicyclic amines) is 1. The van der Waals surface area contributed by atoms with Gasteiger partial charge >= 0.3 is 11.8 Å². The van der Waals surface area contributed by atoms with E-state index >= 15 is 0 Å². The van der Waals surface area contributed by atoms with Gasteiger partial charge < -0.3 is 4.90 Å². The van der Waals surface area contributed by atoms with E-state index in [1.807, 2.05) is 0 Å². The molecule has 0 spiro atoms. The average molecular weight is 207 g/mol. The van der Waals surface area contributed by atoms with E-state index in [0.717, 1.165) is 4.90 Å². The van der Waals surface area contributed by atoms with Crippen molar-refractivity contribution in [3.63, 3.8) is 0 Å². The molecule has 0 aromatic carbocycles. The lowest BCUT2D eigenvalue weighted by Crippen LogP contribution is -2.51. The summed E-state index contributed by atoms with van der Waals surface area (Å²) in [7, 11) is 0. The van der Waals surface area contributed by atoms with Crippen molar-refractivity contribution in [1.82, 2.24) is 10.3 Å². The molecule has 1 heterocycles. The highest BCUT2D eigenvalue weighted by Gasteiger charge is 2.38. The summed E-state index contributed by atoms with van der Waals surface area (Å²) in [4.78, 5) is 22.7. The molecule has 3 N–H and O–H groups in total. The fraction of sp³-hybridized carbons (Fsp3) is 0.714. The smallest absolute Gasteiger partial charge is 0.323 e. The van der Waals surface area contributed by atoms with Crippen LogP contribution in [0.1, 0.15) is 12.8 Å². The van der Waals surface area contributed by atoms with Gasteiger partial charge in [0.15, 0.2) is 0 Å². The minimum Gasteiger partial charge on any atom is -0.328 e. The quantitative estimate of drug-likeness (QED) is 0.237. The number of piperidine rings is 1. The van der Waals surface area contributed by atoms with E-state index in [1.165, 1.54) is 0 Å². The molecule has 1 aliphatic rings. The van der Waals surface area contributed by atoms with Crippen LogP contribution < -0.4 is 11.3 Å². The standard InChI is InChI=1S/C7H11F2N3O2/c8-7(9)2-1-3-12(4-7)6(14)5(13)11-10/h1-4,10H2,(H,11,13). The summed E-state index contributed by atoms with van der Waals surface area (Å²) in [5.41, 5.74) is 1.61. The van der Waals surface area contributed by atoms with Gasteiger partial charge in [0.2, 0.25) is 0 Å². The number of alkyl halides is 2. The van der Waals surface area contributed by atoms with Gasteiger partial charge in [-0.3, -0.25) is 15.0 Å². The Balaban J connectivity index is 2.61. The summed E-state index contributed by atoms with van der Waals surface area (Å²) >= 11 is 0. The Morgan fingerprint density at radius 1 is 1.43 bits per heavy atom. The molecule has 7 heteroatoms. The van der Waals surface area contributed by atoms with Gasteiger partial charge in [-0.05, 0) is 6.42 Å². The molecule has 1 aliphatic heterocycles. The van der Waals surface area contributed by atoms with Crippen LogP contribution in [-0.2, 0) is 9.59 Å². The molecule has 0 aromatic rings. The predicted molar refractivity (Wildman–Crippen MR) is 43.1 cm³/mol. The third-order valence-electron chi connectivity index (χ3n) is 2.01. The zero-order chi connectivity index (χ0) is 10.8. The molecule has 1 saturated heterocycles. The number of nitrogens with one attached hydrogen (secondary N) is 1. The Kier molecular flexibility index (Phi) is 3.00. The topological polar surface area (TPSA) is 75.4 Å². The maximum Gasteiger partial charge on any atom is 0.323 e. The Labute approximate surface area is 79.2 Å². The van der Waals surface area contributed by atoms with Crippen molar-refractivity contribution in [3.8, 4) is 0 Å². The summed E-state index contributed by atoms with van der Waals surface area (Å²) in [6.45, 7) is -0.541. The number of halogens is 2. The Morgan fingerprint density at radius 3 is 2.57 bits per heavy atom. The average Bonchev–Trinajstić information content (AvgIpc) is 2.14. The molecule has 80 valence electrons. The number of nitrogens with zero attached hydrogens (tertiary/aromatic N) is 1. The predicted octanol–water partition coefficient (Wildman–Crippen LogP) is -0.766. The first-order valence-corrected chi connectivity index (χ1v) is 4.14. The SMILES string of the molecule is NNC(=O)C(=O)N1CCCC(F)(F)C1. The van der Waals surface area contributed by atoms with Gasteiger partial charge in [-0.25, -0.2) is 14.6 Å². The Morgan fingerprint density at radius 2 is 2.07 bits per heavy atom. The molecule has 2 amide bonds. The third kappa shape index (κ3) is 2.38. The van der Waals surface area contributed by atoms with Gasteiger partial charge in [0, 0.05) is 13.0 Å². The lowest BCUT2D eigenvalue weighted by atomic mass is 10.1. The molecular formula is C7H11F2N3O2. The van der Waals surface area contributed by atoms with Crippen LogP contribution in [0.3, 0.4) is 0 Å². The van der Waals surface area contributed by atoms with Crippen molar-refractivity contribution in [2.75, 3.05) is 13.1 Å². The summed E-state index contributed by atoms with van der Waals surface area (Å²) in [5, 5.41) is 0. The molecular weight excluding hydrogens is 196 g/mol. The molecule has 0 bridgehead atoms. The van der Waals surface area contributed by atoms with Crippen LogP contribution in [0.4, 0.5) is 8.78 Å². The number of hydrogen-bond donors (Lipinski definition) is 2. The van der Waals surface area contributed by atoms with Crippen molar-refractivity contribution >= 4 is 11.8 Å². The third-order valence-corrected chi connectivity index (χ3v) is 2.01. The molecule has 0 atom stereocenters. The first-order valence-electron chi connectivity index (χ1n) is 4.14. The first-order chi connectivity index (χ1) is 6.46. The van der Waals surface area contributed by atoms with Gasteiger partial charge in [0.1, 0.15) is 0 Å². The second kappa shape index (κ2) is 3.87. The second-order valence-corrected chi connectivity index (χ2v) is 3.16. The zero-order valence-corrected chi connectivity index (χ0v) is 7.43. The van der Waals surface area contributed by atoms with Crippen LogP contribution >= 0.6 is 0 Å². The molecule has 0 aromatic heterocycles. The molecule has 0 aliphatic carbocycles. The number of carbonyl (C=O) groups excluding carboxylic acids is 2. The number of nitrogens with two attached hydrogens (primary N) is 1. The monoisotopic (exact) mass is 207 g/mol. The van der Waals surface area contributed by atoms with Gasteiger partial charge in [0.05, 0.1) is 6.54 Å². The number of hydrogen-bond acceptors (Lipinski definition) is 3. The molecule has 5 nitrogen and oxygen atoms in total. The lowest BCUT2D eigenvalue weighted by molar-refractivity contribution is -0.152. The molecule has 0 radical (unpaired) electrons. The van der Waals surface area contributed by atoms with Crippen LogP contribution in [0, 0.1) is 0 Å². The molecule has 0 saturated carbocycles. The van der Waals surface area contributed by atoms with Gasteiger partial charge in [-0.2, -0.15) is 0 Å².